The highest BCUT2D eigenvalue weighted by atomic mass is 16.5. The van der Waals surface area contributed by atoms with Gasteiger partial charge in [-0.1, -0.05) is 84.0 Å². The van der Waals surface area contributed by atoms with Crippen molar-refractivity contribution in [2.24, 2.45) is 23.2 Å². The molecule has 3 aromatic rings. The van der Waals surface area contributed by atoms with E-state index in [0.29, 0.717) is 17.1 Å². The molecule has 2 amide bonds. The fourth-order valence-electron chi connectivity index (χ4n) is 5.56. The van der Waals surface area contributed by atoms with E-state index in [1.807, 2.05) is 96.1 Å². The summed E-state index contributed by atoms with van der Waals surface area (Å²) in [5.74, 6) is -1.06. The lowest BCUT2D eigenvalue weighted by Gasteiger charge is -2.34. The molecule has 0 unspecified atom stereocenters. The van der Waals surface area contributed by atoms with E-state index >= 15 is 0 Å². The van der Waals surface area contributed by atoms with Crippen LogP contribution in [0.2, 0.25) is 0 Å². The smallest absolute Gasteiger partial charge is 0.224 e. The van der Waals surface area contributed by atoms with Gasteiger partial charge >= 0.3 is 0 Å². The van der Waals surface area contributed by atoms with Crippen LogP contribution in [0, 0.1) is 23.2 Å². The Morgan fingerprint density at radius 2 is 1.42 bits per heavy atom. The van der Waals surface area contributed by atoms with Gasteiger partial charge in [-0.2, -0.15) is 0 Å². The summed E-state index contributed by atoms with van der Waals surface area (Å²) in [6, 6.07) is 19.8. The first-order chi connectivity index (χ1) is 23.6. The summed E-state index contributed by atoms with van der Waals surface area (Å²) in [5.41, 5.74) is 1.93. The van der Waals surface area contributed by atoms with E-state index in [1.165, 1.54) is 13.2 Å². The molecule has 10 heteroatoms. The average molecular weight is 690 g/mol. The number of phenolic OH excluding ortho intramolecular Hbond substituents is 1. The molecule has 0 fully saturated rings. The number of benzene rings is 3. The molecule has 10 nitrogen and oxygen atoms in total. The van der Waals surface area contributed by atoms with Gasteiger partial charge in [0.1, 0.15) is 17.2 Å². The monoisotopic (exact) mass is 689 g/mol. The van der Waals surface area contributed by atoms with Crippen molar-refractivity contribution in [3.8, 4) is 17.2 Å². The molecule has 3 aromatic carbocycles. The maximum Gasteiger partial charge on any atom is 0.224 e. The van der Waals surface area contributed by atoms with Gasteiger partial charge in [-0.15, -0.1) is 0 Å². The Hall–Kier alpha value is -4.41. The molecule has 3 rings (SSSR count). The lowest BCUT2D eigenvalue weighted by Crippen LogP contribution is -2.58. The number of ketones is 1. The van der Waals surface area contributed by atoms with E-state index < -0.39 is 24.1 Å². The number of hydrogen-bond donors (Lipinski definition) is 5. The molecule has 5 N–H and O–H groups in total. The van der Waals surface area contributed by atoms with Crippen molar-refractivity contribution in [1.82, 2.24) is 16.0 Å². The van der Waals surface area contributed by atoms with Crippen LogP contribution >= 0.6 is 0 Å². The lowest BCUT2D eigenvalue weighted by atomic mass is 9.81. The van der Waals surface area contributed by atoms with Gasteiger partial charge in [0.05, 0.1) is 32.4 Å². The Bertz CT molecular complexity index is 1540. The second-order valence-electron chi connectivity index (χ2n) is 14.3. The number of hydrogen-bond acceptors (Lipinski definition) is 8. The first-order valence-electron chi connectivity index (χ1n) is 17.2. The maximum atomic E-state index is 14.3. The number of Topliss-reactive ketones (excluding diaryl/α,β-unsaturated/α-hetero) is 1. The van der Waals surface area contributed by atoms with Crippen molar-refractivity contribution in [1.29, 1.82) is 0 Å². The maximum absolute atomic E-state index is 14.3. The minimum Gasteiger partial charge on any atom is -0.507 e. The van der Waals surface area contributed by atoms with Crippen LogP contribution in [0.1, 0.15) is 64.7 Å². The number of methoxy groups -OCH3 is 2. The molecular weight excluding hydrogens is 634 g/mol. The number of aliphatic hydroxyl groups excluding tert-OH is 1. The van der Waals surface area contributed by atoms with Gasteiger partial charge in [-0.05, 0) is 53.1 Å². The predicted octanol–water partition coefficient (Wildman–Crippen LogP) is 5.19. The minimum absolute atomic E-state index is 0.0139. The molecule has 0 spiro atoms. The molecule has 0 aliphatic carbocycles. The number of aliphatic hydroxyl groups is 1. The number of aromatic hydroxyl groups is 1. The zero-order valence-corrected chi connectivity index (χ0v) is 30.7. The van der Waals surface area contributed by atoms with Crippen molar-refractivity contribution in [3.63, 3.8) is 0 Å². The molecule has 0 saturated heterocycles. The summed E-state index contributed by atoms with van der Waals surface area (Å²) in [7, 11) is 3.09. The van der Waals surface area contributed by atoms with Crippen molar-refractivity contribution >= 4 is 17.6 Å². The van der Waals surface area contributed by atoms with Crippen molar-refractivity contribution in [2.45, 2.75) is 85.7 Å². The minimum atomic E-state index is -1.33. The number of nitrogens with one attached hydrogen (secondary N) is 3. The van der Waals surface area contributed by atoms with Gasteiger partial charge in [-0.25, -0.2) is 0 Å². The van der Waals surface area contributed by atoms with E-state index in [2.05, 4.69) is 16.0 Å². The molecule has 0 aliphatic rings. The number of amides is 2. The number of carbonyl (C=O) groups is 3. The summed E-state index contributed by atoms with van der Waals surface area (Å²) in [6.07, 6.45) is -1.19. The standard InChI is InChI=1S/C40H55N3O7/c1-25(2)32(39(48)42-24-29-16-19-31(50-8)21-34(29)44)22-35(45)36(41-23-28-14-17-30(49-7)18-15-28)37(46)33(20-27-12-10-9-11-13-27)43-38(47)26(3)40(4,5)6/h9-19,21,25-26,32-33,36-37,41,44,46H,20,22-24H2,1-8H3,(H,42,48)(H,43,47)/t26-,32+,33+,36+,37-/m1/s1. The Morgan fingerprint density at radius 3 is 1.98 bits per heavy atom. The largest absolute Gasteiger partial charge is 0.507 e. The van der Waals surface area contributed by atoms with Crippen LogP contribution in [-0.2, 0) is 33.9 Å². The molecule has 0 bridgehead atoms. The normalized spacial score (nSPS) is 14.6. The zero-order chi connectivity index (χ0) is 37.0. The molecule has 0 aliphatic heterocycles. The second kappa shape index (κ2) is 18.5. The lowest BCUT2D eigenvalue weighted by molar-refractivity contribution is -0.134. The van der Waals surface area contributed by atoms with Gasteiger partial charge in [0.2, 0.25) is 11.8 Å². The third-order valence-corrected chi connectivity index (χ3v) is 9.41. The van der Waals surface area contributed by atoms with E-state index in [4.69, 9.17) is 9.47 Å². The van der Waals surface area contributed by atoms with E-state index in [1.54, 1.807) is 19.2 Å². The number of carbonyl (C=O) groups excluding carboxylic acids is 3. The molecule has 50 heavy (non-hydrogen) atoms. The Morgan fingerprint density at radius 1 is 0.800 bits per heavy atom. The highest BCUT2D eigenvalue weighted by molar-refractivity contribution is 5.90. The van der Waals surface area contributed by atoms with Gasteiger partial charge in [-0.3, -0.25) is 14.4 Å². The van der Waals surface area contributed by atoms with E-state index in [0.717, 1.165) is 11.1 Å². The third-order valence-electron chi connectivity index (χ3n) is 9.41. The first-order valence-corrected chi connectivity index (χ1v) is 17.2. The Kier molecular flexibility index (Phi) is 14.8. The molecule has 0 radical (unpaired) electrons. The summed E-state index contributed by atoms with van der Waals surface area (Å²) < 4.78 is 10.4. The van der Waals surface area contributed by atoms with Crippen LogP contribution in [0.4, 0.5) is 0 Å². The Balaban J connectivity index is 1.90. The molecule has 272 valence electrons. The Labute approximate surface area is 297 Å². The molecular formula is C40H55N3O7. The highest BCUT2D eigenvalue weighted by Gasteiger charge is 2.38. The van der Waals surface area contributed by atoms with Gasteiger partial charge in [0, 0.05) is 43.0 Å². The van der Waals surface area contributed by atoms with Crippen molar-refractivity contribution in [2.75, 3.05) is 14.2 Å². The van der Waals surface area contributed by atoms with Crippen LogP contribution < -0.4 is 25.4 Å². The van der Waals surface area contributed by atoms with Crippen LogP contribution in [0.3, 0.4) is 0 Å². The van der Waals surface area contributed by atoms with Crippen LogP contribution in [0.5, 0.6) is 17.2 Å². The third kappa shape index (κ3) is 11.6. The number of ether oxygens (including phenoxy) is 2. The van der Waals surface area contributed by atoms with Gasteiger partial charge in [0.25, 0.3) is 0 Å². The van der Waals surface area contributed by atoms with Crippen molar-refractivity contribution < 1.29 is 34.1 Å². The van der Waals surface area contributed by atoms with Crippen LogP contribution in [0.25, 0.3) is 0 Å². The van der Waals surface area contributed by atoms with E-state index in [9.17, 15) is 24.6 Å². The second-order valence-corrected chi connectivity index (χ2v) is 14.3. The predicted molar refractivity (Wildman–Crippen MR) is 195 cm³/mol. The molecule has 0 aromatic heterocycles. The molecule has 0 saturated carbocycles. The molecule has 5 atom stereocenters. The quantitative estimate of drug-likeness (QED) is 0.123. The first kappa shape index (κ1) is 40.0. The topological polar surface area (TPSA) is 146 Å². The zero-order valence-electron chi connectivity index (χ0n) is 30.7. The summed E-state index contributed by atoms with van der Waals surface area (Å²) in [5, 5.41) is 31.6. The summed E-state index contributed by atoms with van der Waals surface area (Å²) in [4.78, 5) is 41.3. The van der Waals surface area contributed by atoms with Crippen molar-refractivity contribution in [3.05, 3.63) is 89.5 Å². The van der Waals surface area contributed by atoms with Gasteiger partial charge < -0.3 is 35.6 Å². The fraction of sp³-hybridized carbons (Fsp3) is 0.475. The fourth-order valence-corrected chi connectivity index (χ4v) is 5.56. The highest BCUT2D eigenvalue weighted by Crippen LogP contribution is 2.27. The molecule has 0 heterocycles. The van der Waals surface area contributed by atoms with Crippen LogP contribution in [-0.4, -0.2) is 60.2 Å². The summed E-state index contributed by atoms with van der Waals surface area (Å²) in [6.45, 7) is 11.8. The number of phenols is 1. The number of rotatable bonds is 18. The summed E-state index contributed by atoms with van der Waals surface area (Å²) >= 11 is 0. The SMILES string of the molecule is COc1ccc(CN[C@@H](C(=O)C[C@H](C(=O)NCc2ccc(OC)cc2O)C(C)C)[C@H](O)[C@H](Cc2ccccc2)NC(=O)[C@@H](C)C(C)(C)C)cc1. The van der Waals surface area contributed by atoms with E-state index in [-0.39, 0.29) is 66.5 Å². The average Bonchev–Trinajstić information content (AvgIpc) is 3.09. The van der Waals surface area contributed by atoms with Crippen LogP contribution in [0.15, 0.2) is 72.8 Å². The van der Waals surface area contributed by atoms with Gasteiger partial charge in [0.15, 0.2) is 5.78 Å².